The molecule has 178 valence electrons. The molecule has 4 aromatic rings. The number of carbonyl (C=O) groups is 2. The predicted octanol–water partition coefficient (Wildman–Crippen LogP) is 4.17. The van der Waals surface area contributed by atoms with Crippen molar-refractivity contribution in [1.29, 1.82) is 0 Å². The van der Waals surface area contributed by atoms with Crippen molar-refractivity contribution in [2.75, 3.05) is 6.61 Å². The van der Waals surface area contributed by atoms with E-state index in [2.05, 4.69) is 10.3 Å². The van der Waals surface area contributed by atoms with Gasteiger partial charge in [0.25, 0.3) is 5.91 Å². The highest BCUT2D eigenvalue weighted by Gasteiger charge is 2.48. The highest BCUT2D eigenvalue weighted by molar-refractivity contribution is 6.01. The van der Waals surface area contributed by atoms with Gasteiger partial charge in [0.15, 0.2) is 5.82 Å². The Morgan fingerprint density at radius 3 is 2.54 bits per heavy atom. The zero-order chi connectivity index (χ0) is 24.4. The van der Waals surface area contributed by atoms with Crippen molar-refractivity contribution in [3.8, 4) is 5.75 Å². The summed E-state index contributed by atoms with van der Waals surface area (Å²) < 4.78 is 7.67. The number of aromatic nitrogens is 2. The minimum Gasteiger partial charge on any atom is -0.494 e. The van der Waals surface area contributed by atoms with Crippen molar-refractivity contribution >= 4 is 22.8 Å². The van der Waals surface area contributed by atoms with Gasteiger partial charge in [0, 0.05) is 12.1 Å². The fourth-order valence-corrected chi connectivity index (χ4v) is 4.65. The van der Waals surface area contributed by atoms with Gasteiger partial charge < -0.3 is 19.5 Å². The lowest BCUT2D eigenvalue weighted by Gasteiger charge is -2.43. The monoisotopic (exact) mass is 468 g/mol. The summed E-state index contributed by atoms with van der Waals surface area (Å²) >= 11 is 0. The van der Waals surface area contributed by atoms with Gasteiger partial charge in [0.1, 0.15) is 11.3 Å². The zero-order valence-corrected chi connectivity index (χ0v) is 19.9. The number of imidazole rings is 1. The van der Waals surface area contributed by atoms with Gasteiger partial charge in [-0.2, -0.15) is 0 Å². The Labute approximate surface area is 204 Å². The Morgan fingerprint density at radius 2 is 1.74 bits per heavy atom. The molecule has 0 bridgehead atoms. The summed E-state index contributed by atoms with van der Waals surface area (Å²) in [6.07, 6.45) is 0. The van der Waals surface area contributed by atoms with Gasteiger partial charge in [0.05, 0.1) is 30.7 Å². The zero-order valence-electron chi connectivity index (χ0n) is 19.9. The summed E-state index contributed by atoms with van der Waals surface area (Å²) in [7, 11) is 0. The van der Waals surface area contributed by atoms with Gasteiger partial charge in [-0.25, -0.2) is 4.98 Å². The lowest BCUT2D eigenvalue weighted by atomic mass is 9.94. The summed E-state index contributed by atoms with van der Waals surface area (Å²) in [5.74, 6) is 0.547. The van der Waals surface area contributed by atoms with Crippen molar-refractivity contribution in [1.82, 2.24) is 19.8 Å². The number of fused-ring (bicyclic) bond motifs is 3. The van der Waals surface area contributed by atoms with Crippen molar-refractivity contribution in [2.24, 2.45) is 0 Å². The van der Waals surface area contributed by atoms with Crippen LogP contribution in [0.25, 0.3) is 11.0 Å². The minimum atomic E-state index is -1.14. The number of amides is 2. The molecule has 1 N–H and O–H groups in total. The topological polar surface area (TPSA) is 76.5 Å². The maximum Gasteiger partial charge on any atom is 0.291 e. The Hall–Kier alpha value is -4.13. The largest absolute Gasteiger partial charge is 0.494 e. The third-order valence-corrected chi connectivity index (χ3v) is 6.54. The van der Waals surface area contributed by atoms with Crippen LogP contribution in [0.3, 0.4) is 0 Å². The van der Waals surface area contributed by atoms with Gasteiger partial charge in [-0.05, 0) is 37.6 Å². The molecule has 0 radical (unpaired) electrons. The van der Waals surface area contributed by atoms with Crippen molar-refractivity contribution in [3.05, 3.63) is 95.8 Å². The molecule has 7 nitrogen and oxygen atoms in total. The Balaban J connectivity index is 1.54. The summed E-state index contributed by atoms with van der Waals surface area (Å²) in [6, 6.07) is 25.0. The average molecular weight is 469 g/mol. The Morgan fingerprint density at radius 1 is 1.03 bits per heavy atom. The molecule has 0 saturated heterocycles. The van der Waals surface area contributed by atoms with E-state index < -0.39 is 5.54 Å². The second-order valence-electron chi connectivity index (χ2n) is 8.88. The smallest absolute Gasteiger partial charge is 0.291 e. The maximum atomic E-state index is 13.9. The second kappa shape index (κ2) is 9.25. The fourth-order valence-electron chi connectivity index (χ4n) is 4.65. The van der Waals surface area contributed by atoms with E-state index in [-0.39, 0.29) is 18.4 Å². The number of ether oxygens (including phenoxy) is 1. The van der Waals surface area contributed by atoms with Crippen LogP contribution in [0.5, 0.6) is 5.75 Å². The molecule has 0 saturated carbocycles. The lowest BCUT2D eigenvalue weighted by Crippen LogP contribution is -2.63. The molecule has 2 heterocycles. The minimum absolute atomic E-state index is 0.216. The van der Waals surface area contributed by atoms with Gasteiger partial charge >= 0.3 is 0 Å². The Bertz CT molecular complexity index is 1380. The van der Waals surface area contributed by atoms with Gasteiger partial charge in [-0.15, -0.1) is 0 Å². The molecule has 1 atom stereocenters. The van der Waals surface area contributed by atoms with Crippen LogP contribution in [0.15, 0.2) is 78.9 Å². The molecule has 1 aliphatic heterocycles. The summed E-state index contributed by atoms with van der Waals surface area (Å²) in [5, 5.41) is 3.06. The molecule has 3 aromatic carbocycles. The van der Waals surface area contributed by atoms with E-state index >= 15 is 0 Å². The number of nitrogens with one attached hydrogen (secondary N) is 1. The first-order valence-corrected chi connectivity index (χ1v) is 11.8. The van der Waals surface area contributed by atoms with Crippen LogP contribution in [-0.2, 0) is 24.4 Å². The predicted molar refractivity (Wildman–Crippen MR) is 134 cm³/mol. The van der Waals surface area contributed by atoms with Gasteiger partial charge in [-0.3, -0.25) is 9.59 Å². The average Bonchev–Trinajstić information content (AvgIpc) is 3.25. The second-order valence-corrected chi connectivity index (χ2v) is 8.88. The molecule has 1 aromatic heterocycles. The molecule has 2 amide bonds. The lowest BCUT2D eigenvalue weighted by molar-refractivity contribution is -0.133. The molecule has 0 aliphatic carbocycles. The van der Waals surface area contributed by atoms with E-state index in [1.165, 1.54) is 0 Å². The molecular formula is C28H28N4O3. The van der Waals surface area contributed by atoms with E-state index in [4.69, 9.17) is 4.74 Å². The number of rotatable bonds is 7. The number of hydrogen-bond acceptors (Lipinski definition) is 4. The number of nitrogens with zero attached hydrogens (tertiary/aromatic N) is 3. The third kappa shape index (κ3) is 4.14. The standard InChI is InChI=1S/C28H28N4O3/c1-3-35-24-16-10-7-13-21(24)18-32-26(33)25-30-22-14-8-9-15-23(22)31(25)19-28(32,2)27(34)29-17-20-11-5-4-6-12-20/h4-16H,3,17-19H2,1-2H3,(H,29,34)/t28-/m1/s1. The first-order valence-electron chi connectivity index (χ1n) is 11.8. The fraction of sp³-hybridized carbons (Fsp3) is 0.250. The van der Waals surface area contributed by atoms with E-state index in [9.17, 15) is 9.59 Å². The highest BCUT2D eigenvalue weighted by atomic mass is 16.5. The van der Waals surface area contributed by atoms with E-state index in [0.29, 0.717) is 31.3 Å². The van der Waals surface area contributed by atoms with Crippen molar-refractivity contribution in [3.63, 3.8) is 0 Å². The summed E-state index contributed by atoms with van der Waals surface area (Å²) in [6.45, 7) is 5.16. The number of carbonyl (C=O) groups excluding carboxylic acids is 2. The van der Waals surface area contributed by atoms with Gasteiger partial charge in [-0.1, -0.05) is 60.7 Å². The molecule has 35 heavy (non-hydrogen) atoms. The van der Waals surface area contributed by atoms with Crippen molar-refractivity contribution < 1.29 is 14.3 Å². The van der Waals surface area contributed by atoms with E-state index in [1.54, 1.807) is 4.90 Å². The van der Waals surface area contributed by atoms with Crippen LogP contribution in [0.4, 0.5) is 0 Å². The number of hydrogen-bond donors (Lipinski definition) is 1. The first-order chi connectivity index (χ1) is 17.0. The maximum absolute atomic E-state index is 13.9. The molecule has 0 unspecified atom stereocenters. The molecular weight excluding hydrogens is 440 g/mol. The Kier molecular flexibility index (Phi) is 5.99. The van der Waals surface area contributed by atoms with Crippen LogP contribution in [0.2, 0.25) is 0 Å². The molecule has 5 rings (SSSR count). The molecule has 1 aliphatic rings. The van der Waals surface area contributed by atoms with Crippen molar-refractivity contribution in [2.45, 2.75) is 39.0 Å². The SMILES string of the molecule is CCOc1ccccc1CN1C(=O)c2nc3ccccc3n2C[C@]1(C)C(=O)NCc1ccccc1. The summed E-state index contributed by atoms with van der Waals surface area (Å²) in [5.41, 5.74) is 2.27. The van der Waals surface area contributed by atoms with Crippen LogP contribution in [0.1, 0.15) is 35.6 Å². The van der Waals surface area contributed by atoms with Crippen LogP contribution >= 0.6 is 0 Å². The van der Waals surface area contributed by atoms with Gasteiger partial charge in [0.2, 0.25) is 5.91 Å². The third-order valence-electron chi connectivity index (χ3n) is 6.54. The first kappa shape index (κ1) is 22.7. The molecule has 0 spiro atoms. The van der Waals surface area contributed by atoms with E-state index in [1.807, 2.05) is 97.3 Å². The molecule has 7 heteroatoms. The van der Waals surface area contributed by atoms with E-state index in [0.717, 1.165) is 22.2 Å². The quantitative estimate of drug-likeness (QED) is 0.442. The number of para-hydroxylation sites is 3. The normalized spacial score (nSPS) is 17.3. The van der Waals surface area contributed by atoms with Crippen LogP contribution in [-0.4, -0.2) is 38.4 Å². The highest BCUT2D eigenvalue weighted by Crippen LogP contribution is 2.33. The summed E-state index contributed by atoms with van der Waals surface area (Å²) in [4.78, 5) is 33.9. The van der Waals surface area contributed by atoms with Crippen LogP contribution < -0.4 is 10.1 Å². The molecule has 0 fully saturated rings. The van der Waals surface area contributed by atoms with Crippen LogP contribution in [0, 0.1) is 0 Å². The number of benzene rings is 3.